The summed E-state index contributed by atoms with van der Waals surface area (Å²) < 4.78 is 0. The summed E-state index contributed by atoms with van der Waals surface area (Å²) in [5, 5.41) is 6.51. The van der Waals surface area contributed by atoms with Gasteiger partial charge >= 0.3 is 0 Å². The van der Waals surface area contributed by atoms with E-state index < -0.39 is 0 Å². The Morgan fingerprint density at radius 2 is 1.83 bits per heavy atom. The zero-order chi connectivity index (χ0) is 16.8. The largest absolute Gasteiger partial charge is 0.331 e. The molecule has 0 atom stereocenters. The number of thiocarbonyl (C=S) groups is 1. The van der Waals surface area contributed by atoms with Crippen LogP contribution in [-0.4, -0.2) is 11.0 Å². The third-order valence-corrected chi connectivity index (χ3v) is 3.69. The van der Waals surface area contributed by atoms with Gasteiger partial charge in [-0.2, -0.15) is 0 Å². The third kappa shape index (κ3) is 5.67. The number of hydrogen-bond acceptors (Lipinski definition) is 2. The van der Waals surface area contributed by atoms with Crippen LogP contribution < -0.4 is 10.6 Å². The van der Waals surface area contributed by atoms with Crippen LogP contribution in [0.25, 0.3) is 6.08 Å². The Bertz CT molecular complexity index is 758. The zero-order valence-corrected chi connectivity index (χ0v) is 14.6. The summed E-state index contributed by atoms with van der Waals surface area (Å²) in [4.78, 5) is 11.9. The lowest BCUT2D eigenvalue weighted by molar-refractivity contribution is -0.115. The molecule has 2 N–H and O–H groups in total. The van der Waals surface area contributed by atoms with Gasteiger partial charge in [0.2, 0.25) is 5.91 Å². The van der Waals surface area contributed by atoms with Crippen molar-refractivity contribution in [3.63, 3.8) is 0 Å². The minimum absolute atomic E-state index is 0.146. The lowest BCUT2D eigenvalue weighted by atomic mass is 10.1. The van der Waals surface area contributed by atoms with Gasteiger partial charge in [0.05, 0.1) is 10.7 Å². The summed E-state index contributed by atoms with van der Waals surface area (Å²) in [6, 6.07) is 12.8. The maximum absolute atomic E-state index is 11.9. The van der Waals surface area contributed by atoms with Gasteiger partial charge in [0.25, 0.3) is 0 Å². The second-order valence-corrected chi connectivity index (χ2v) is 6.06. The second-order valence-electron chi connectivity index (χ2n) is 4.81. The fraction of sp³-hybridized carbons (Fsp3) is 0.0588. The standard InChI is InChI=1S/C17H14Cl2N2OS/c1-11-2-4-12(5-3-11)6-9-16(22)21-17(23)20-15-10-13(18)7-8-14(15)19/h2-10H,1H3,(H2,20,21,22,23). The van der Waals surface area contributed by atoms with E-state index in [0.717, 1.165) is 11.1 Å². The highest BCUT2D eigenvalue weighted by molar-refractivity contribution is 7.80. The number of benzene rings is 2. The Hall–Kier alpha value is -1.88. The van der Waals surface area contributed by atoms with Gasteiger partial charge in [0, 0.05) is 11.1 Å². The summed E-state index contributed by atoms with van der Waals surface area (Å²) in [5.41, 5.74) is 2.63. The van der Waals surface area contributed by atoms with Crippen LogP contribution in [0.5, 0.6) is 0 Å². The van der Waals surface area contributed by atoms with E-state index in [4.69, 9.17) is 35.4 Å². The molecule has 0 saturated carbocycles. The summed E-state index contributed by atoms with van der Waals surface area (Å²) in [7, 11) is 0. The van der Waals surface area contributed by atoms with Gasteiger partial charge in [0.1, 0.15) is 0 Å². The molecule has 0 unspecified atom stereocenters. The van der Waals surface area contributed by atoms with Crippen molar-refractivity contribution in [3.8, 4) is 0 Å². The van der Waals surface area contributed by atoms with Crippen molar-refractivity contribution in [1.82, 2.24) is 5.32 Å². The van der Waals surface area contributed by atoms with Crippen molar-refractivity contribution in [3.05, 3.63) is 69.7 Å². The van der Waals surface area contributed by atoms with E-state index >= 15 is 0 Å². The van der Waals surface area contributed by atoms with Gasteiger partial charge in [-0.15, -0.1) is 0 Å². The molecule has 0 saturated heterocycles. The molecule has 6 heteroatoms. The van der Waals surface area contributed by atoms with E-state index in [1.807, 2.05) is 31.2 Å². The van der Waals surface area contributed by atoms with Crippen molar-refractivity contribution >= 4 is 58.2 Å². The molecule has 2 aromatic rings. The van der Waals surface area contributed by atoms with E-state index in [1.54, 1.807) is 24.3 Å². The molecule has 2 aromatic carbocycles. The van der Waals surface area contributed by atoms with Crippen LogP contribution in [-0.2, 0) is 4.79 Å². The minimum Gasteiger partial charge on any atom is -0.331 e. The van der Waals surface area contributed by atoms with Crippen molar-refractivity contribution < 1.29 is 4.79 Å². The first-order valence-electron chi connectivity index (χ1n) is 6.76. The molecular formula is C17H14Cl2N2OS. The number of carbonyl (C=O) groups excluding carboxylic acids is 1. The zero-order valence-electron chi connectivity index (χ0n) is 12.3. The molecule has 0 heterocycles. The van der Waals surface area contributed by atoms with Crippen LogP contribution in [0.15, 0.2) is 48.5 Å². The van der Waals surface area contributed by atoms with Crippen molar-refractivity contribution in [2.75, 3.05) is 5.32 Å². The molecule has 0 bridgehead atoms. The number of amides is 1. The number of aryl methyl sites for hydroxylation is 1. The average Bonchev–Trinajstić information content (AvgIpc) is 2.50. The molecule has 0 radical (unpaired) electrons. The van der Waals surface area contributed by atoms with Crippen LogP contribution in [0, 0.1) is 6.92 Å². The predicted molar refractivity (Wildman–Crippen MR) is 101 cm³/mol. The molecule has 118 valence electrons. The van der Waals surface area contributed by atoms with E-state index in [1.165, 1.54) is 6.08 Å². The maximum Gasteiger partial charge on any atom is 0.250 e. The van der Waals surface area contributed by atoms with Crippen molar-refractivity contribution in [2.24, 2.45) is 0 Å². The van der Waals surface area contributed by atoms with E-state index in [0.29, 0.717) is 15.7 Å². The topological polar surface area (TPSA) is 41.1 Å². The fourth-order valence-electron chi connectivity index (χ4n) is 1.75. The Morgan fingerprint density at radius 3 is 2.52 bits per heavy atom. The third-order valence-electron chi connectivity index (χ3n) is 2.92. The van der Waals surface area contributed by atoms with E-state index in [-0.39, 0.29) is 11.0 Å². The van der Waals surface area contributed by atoms with Crippen LogP contribution in [0.2, 0.25) is 10.0 Å². The highest BCUT2D eigenvalue weighted by Gasteiger charge is 2.05. The maximum atomic E-state index is 11.9. The summed E-state index contributed by atoms with van der Waals surface area (Å²) >= 11 is 17.0. The lowest BCUT2D eigenvalue weighted by Gasteiger charge is -2.10. The number of rotatable bonds is 3. The van der Waals surface area contributed by atoms with Gasteiger partial charge in [-0.25, -0.2) is 0 Å². The first-order chi connectivity index (χ1) is 10.9. The van der Waals surface area contributed by atoms with Crippen molar-refractivity contribution in [2.45, 2.75) is 6.92 Å². The first kappa shape index (κ1) is 17.5. The summed E-state index contributed by atoms with van der Waals surface area (Å²) in [6.45, 7) is 2.01. The molecule has 0 aliphatic rings. The number of carbonyl (C=O) groups is 1. The predicted octanol–water partition coefficient (Wildman–Crippen LogP) is 4.83. The molecule has 2 rings (SSSR count). The molecule has 23 heavy (non-hydrogen) atoms. The van der Waals surface area contributed by atoms with Gasteiger partial charge in [-0.1, -0.05) is 53.0 Å². The molecule has 1 amide bonds. The summed E-state index contributed by atoms with van der Waals surface area (Å²) in [5.74, 6) is -0.332. The molecule has 0 aromatic heterocycles. The van der Waals surface area contributed by atoms with Crippen molar-refractivity contribution in [1.29, 1.82) is 0 Å². The molecular weight excluding hydrogens is 351 g/mol. The fourth-order valence-corrected chi connectivity index (χ4v) is 2.30. The monoisotopic (exact) mass is 364 g/mol. The van der Waals surface area contributed by atoms with Crippen LogP contribution in [0.1, 0.15) is 11.1 Å². The second kappa shape index (κ2) is 8.11. The molecule has 0 aliphatic carbocycles. The Morgan fingerprint density at radius 1 is 1.13 bits per heavy atom. The van der Waals surface area contributed by atoms with Crippen LogP contribution in [0.4, 0.5) is 5.69 Å². The molecule has 0 spiro atoms. The molecule has 0 aliphatic heterocycles. The highest BCUT2D eigenvalue weighted by atomic mass is 35.5. The number of nitrogens with one attached hydrogen (secondary N) is 2. The van der Waals surface area contributed by atoms with Crippen LogP contribution in [0.3, 0.4) is 0 Å². The Balaban J connectivity index is 1.93. The minimum atomic E-state index is -0.332. The Kier molecular flexibility index (Phi) is 6.16. The smallest absolute Gasteiger partial charge is 0.250 e. The lowest BCUT2D eigenvalue weighted by Crippen LogP contribution is -2.32. The van der Waals surface area contributed by atoms with Gasteiger partial charge in [0.15, 0.2) is 5.11 Å². The SMILES string of the molecule is Cc1ccc(C=CC(=O)NC(=S)Nc2cc(Cl)ccc2Cl)cc1. The van der Waals surface area contributed by atoms with Crippen LogP contribution >= 0.6 is 35.4 Å². The molecule has 0 fully saturated rings. The van der Waals surface area contributed by atoms with Gasteiger partial charge < -0.3 is 5.32 Å². The number of anilines is 1. The average molecular weight is 365 g/mol. The van der Waals surface area contributed by atoms with E-state index in [9.17, 15) is 4.79 Å². The van der Waals surface area contributed by atoms with E-state index in [2.05, 4.69) is 10.6 Å². The summed E-state index contributed by atoms with van der Waals surface area (Å²) in [6.07, 6.45) is 3.13. The number of halogens is 2. The number of hydrogen-bond donors (Lipinski definition) is 2. The first-order valence-corrected chi connectivity index (χ1v) is 7.92. The van der Waals surface area contributed by atoms with Gasteiger partial charge in [-0.05, 0) is 49.0 Å². The highest BCUT2D eigenvalue weighted by Crippen LogP contribution is 2.25. The quantitative estimate of drug-likeness (QED) is 0.605. The van der Waals surface area contributed by atoms with Gasteiger partial charge in [-0.3, -0.25) is 10.1 Å². The molecule has 3 nitrogen and oxygen atoms in total. The normalized spacial score (nSPS) is 10.6. The Labute approximate surface area is 150 Å².